The summed E-state index contributed by atoms with van der Waals surface area (Å²) in [5, 5.41) is 2.62. The first-order valence-corrected chi connectivity index (χ1v) is 31.9. The predicted octanol–water partition coefficient (Wildman–Crippen LogP) is 19.9. The van der Waals surface area contributed by atoms with Gasteiger partial charge in [-0.2, -0.15) is 0 Å². The molecule has 15 rings (SSSR count). The molecule has 82 heavy (non-hydrogen) atoms. The van der Waals surface area contributed by atoms with Crippen LogP contribution in [-0.4, -0.2) is 12.3 Å². The Labute approximate surface area is 493 Å². The molecular formula is C77H82BN3S. The highest BCUT2D eigenvalue weighted by Gasteiger charge is 2.63. The fourth-order valence-electron chi connectivity index (χ4n) is 17.2. The number of anilines is 8. The summed E-state index contributed by atoms with van der Waals surface area (Å²) in [5.74, 6) is 0. The average molecular weight is 1090 g/mol. The highest BCUT2D eigenvalue weighted by atomic mass is 32.1. The van der Waals surface area contributed by atoms with E-state index in [1.54, 1.807) is 22.2 Å². The van der Waals surface area contributed by atoms with Crippen molar-refractivity contribution in [2.45, 2.75) is 186 Å². The van der Waals surface area contributed by atoms with Crippen molar-refractivity contribution in [1.82, 2.24) is 0 Å². The van der Waals surface area contributed by atoms with E-state index < -0.39 is 0 Å². The lowest BCUT2D eigenvalue weighted by Gasteiger charge is -2.53. The van der Waals surface area contributed by atoms with Gasteiger partial charge in [0.05, 0.1) is 21.6 Å². The lowest BCUT2D eigenvalue weighted by atomic mass is 9.31. The summed E-state index contributed by atoms with van der Waals surface area (Å²) in [5.41, 5.74) is 27.8. The van der Waals surface area contributed by atoms with Gasteiger partial charge in [0.25, 0.3) is 6.71 Å². The Kier molecular flexibility index (Phi) is 11.0. The van der Waals surface area contributed by atoms with Crippen molar-refractivity contribution in [3.8, 4) is 11.1 Å². The first-order valence-electron chi connectivity index (χ1n) is 31.1. The molecule has 3 aliphatic carbocycles. The molecular weight excluding hydrogens is 1010 g/mol. The van der Waals surface area contributed by atoms with Crippen LogP contribution in [0.4, 0.5) is 45.5 Å². The normalized spacial score (nSPS) is 22.0. The van der Waals surface area contributed by atoms with Gasteiger partial charge in [-0.05, 0) is 201 Å². The lowest BCUT2D eigenvalue weighted by molar-refractivity contribution is 0.195. The molecule has 0 spiro atoms. The van der Waals surface area contributed by atoms with Crippen LogP contribution in [-0.2, 0) is 32.5 Å². The van der Waals surface area contributed by atoms with Crippen LogP contribution in [0.1, 0.15) is 180 Å². The van der Waals surface area contributed by atoms with Gasteiger partial charge in [-0.1, -0.05) is 181 Å². The van der Waals surface area contributed by atoms with Crippen molar-refractivity contribution < 1.29 is 0 Å². The number of nitrogens with zero attached hydrogens (tertiary/aromatic N) is 3. The maximum absolute atomic E-state index is 2.99. The number of benzene rings is 8. The minimum Gasteiger partial charge on any atom is -0.335 e. The van der Waals surface area contributed by atoms with Gasteiger partial charge >= 0.3 is 0 Å². The van der Waals surface area contributed by atoms with Gasteiger partial charge in [0, 0.05) is 60.6 Å². The molecule has 0 saturated heterocycles. The fraction of sp³-hybridized carbons (Fsp3) is 0.377. The molecule has 0 N–H and O–H groups in total. The minimum atomic E-state index is -0.0880. The van der Waals surface area contributed by atoms with Crippen LogP contribution in [0.3, 0.4) is 0 Å². The average Bonchev–Trinajstić information content (AvgIpc) is 2.16. The third-order valence-electron chi connectivity index (χ3n) is 22.3. The molecule has 2 atom stereocenters. The summed E-state index contributed by atoms with van der Waals surface area (Å²) in [6, 6.07) is 58.0. The standard InChI is InChI=1S/C77H82BN3S/c1-47-41-63-67-64(42-47)81-69-58(76(13)35-20-21-36-77(76,81)14)45-57-66(75(11,12)40-39-74(57,9)10)68(69)78(67)59-34-33-51(43-62(59)80(63)61-46-56-55(72(5,6)37-38-73(56,7)8)44-54(61)48-23-16-15-17-24-48)79(50-31-29-49(30-32-50)71(2,3)4)60-27-22-26-53-52-25-18-19-28-65(52)82-70(53)60/h15-19,22-34,41-46H,20-21,35-40H2,1-14H3. The van der Waals surface area contributed by atoms with Crippen LogP contribution < -0.4 is 31.1 Å². The molecule has 5 heteroatoms. The van der Waals surface area contributed by atoms with Crippen molar-refractivity contribution in [2.75, 3.05) is 14.7 Å². The smallest absolute Gasteiger partial charge is 0.252 e. The number of aryl methyl sites for hydroxylation is 1. The minimum absolute atomic E-state index is 0.00740. The third-order valence-corrected chi connectivity index (χ3v) is 23.5. The monoisotopic (exact) mass is 1090 g/mol. The van der Waals surface area contributed by atoms with Gasteiger partial charge in [0.2, 0.25) is 0 Å². The van der Waals surface area contributed by atoms with E-state index in [0.29, 0.717) is 0 Å². The van der Waals surface area contributed by atoms with Crippen LogP contribution in [0, 0.1) is 6.92 Å². The molecule has 1 aromatic heterocycles. The van der Waals surface area contributed by atoms with E-state index in [9.17, 15) is 0 Å². The molecule has 8 aromatic carbocycles. The second-order valence-electron chi connectivity index (χ2n) is 30.2. The molecule has 0 amide bonds. The van der Waals surface area contributed by atoms with Gasteiger partial charge in [0.15, 0.2) is 0 Å². The van der Waals surface area contributed by atoms with E-state index in [4.69, 9.17) is 0 Å². The molecule has 1 saturated carbocycles. The summed E-state index contributed by atoms with van der Waals surface area (Å²) < 4.78 is 2.62. The zero-order valence-corrected chi connectivity index (χ0v) is 52.2. The maximum atomic E-state index is 2.99. The van der Waals surface area contributed by atoms with Crippen LogP contribution >= 0.6 is 11.3 Å². The quantitative estimate of drug-likeness (QED) is 0.159. The van der Waals surface area contributed by atoms with Crippen molar-refractivity contribution >= 4 is 100 Å². The number of rotatable bonds is 5. The number of fused-ring (bicyclic) bond motifs is 13. The zero-order valence-electron chi connectivity index (χ0n) is 51.3. The molecule has 0 radical (unpaired) electrons. The Bertz CT molecular complexity index is 4170. The van der Waals surface area contributed by atoms with Crippen LogP contribution in [0.15, 0.2) is 146 Å². The molecule has 3 aliphatic heterocycles. The molecule has 414 valence electrons. The zero-order chi connectivity index (χ0) is 57.0. The molecule has 9 aromatic rings. The van der Waals surface area contributed by atoms with Gasteiger partial charge in [-0.3, -0.25) is 0 Å². The van der Waals surface area contributed by atoms with Gasteiger partial charge in [-0.15, -0.1) is 11.3 Å². The largest absolute Gasteiger partial charge is 0.335 e. The predicted molar refractivity (Wildman–Crippen MR) is 356 cm³/mol. The molecule has 2 unspecified atom stereocenters. The van der Waals surface area contributed by atoms with Gasteiger partial charge < -0.3 is 14.7 Å². The second-order valence-corrected chi connectivity index (χ2v) is 31.2. The first kappa shape index (κ1) is 52.3. The van der Waals surface area contributed by atoms with Crippen LogP contribution in [0.2, 0.25) is 0 Å². The Morgan fingerprint density at radius 1 is 0.512 bits per heavy atom. The molecule has 0 bridgehead atoms. The summed E-state index contributed by atoms with van der Waals surface area (Å²) in [6.45, 7) is 35.0. The SMILES string of the molecule is Cc1cc2c3c(c1)N1c4c(cc5c(c4B3c3ccc(N(c4ccc(C(C)(C)C)cc4)c4cccc6c4sc4ccccc46)cc3N2c2cc3c(cc2-c2ccccc2)C(C)(C)CCC3(C)C)C(C)(C)CCC5(C)C)C2(C)CCCCC12C. The Morgan fingerprint density at radius 2 is 1.15 bits per heavy atom. The van der Waals surface area contributed by atoms with E-state index in [0.717, 1.165) is 18.5 Å². The number of hydrogen-bond donors (Lipinski definition) is 0. The lowest BCUT2D eigenvalue weighted by Crippen LogP contribution is -2.66. The van der Waals surface area contributed by atoms with E-state index in [1.807, 2.05) is 11.3 Å². The summed E-state index contributed by atoms with van der Waals surface area (Å²) >= 11 is 1.92. The highest BCUT2D eigenvalue weighted by Crippen LogP contribution is 2.64. The van der Waals surface area contributed by atoms with Gasteiger partial charge in [0.1, 0.15) is 0 Å². The van der Waals surface area contributed by atoms with E-state index in [1.165, 1.54) is 143 Å². The number of hydrogen-bond acceptors (Lipinski definition) is 4. The molecule has 3 nitrogen and oxygen atoms in total. The first-order chi connectivity index (χ1) is 38.9. The Morgan fingerprint density at radius 3 is 1.88 bits per heavy atom. The molecule has 1 fully saturated rings. The third kappa shape index (κ3) is 7.20. The molecule has 4 heterocycles. The van der Waals surface area contributed by atoms with Crippen molar-refractivity contribution in [2.24, 2.45) is 0 Å². The topological polar surface area (TPSA) is 9.72 Å². The van der Waals surface area contributed by atoms with E-state index in [-0.39, 0.29) is 44.7 Å². The Balaban J connectivity index is 1.10. The van der Waals surface area contributed by atoms with Crippen molar-refractivity contribution in [3.05, 3.63) is 185 Å². The maximum Gasteiger partial charge on any atom is 0.252 e. The van der Waals surface area contributed by atoms with Crippen LogP contribution in [0.25, 0.3) is 31.3 Å². The highest BCUT2D eigenvalue weighted by molar-refractivity contribution is 7.26. The van der Waals surface area contributed by atoms with Crippen LogP contribution in [0.5, 0.6) is 0 Å². The summed E-state index contributed by atoms with van der Waals surface area (Å²) in [4.78, 5) is 8.39. The summed E-state index contributed by atoms with van der Waals surface area (Å²) in [7, 11) is 0. The second kappa shape index (κ2) is 17.3. The van der Waals surface area contributed by atoms with E-state index >= 15 is 0 Å². The molecule has 6 aliphatic rings. The summed E-state index contributed by atoms with van der Waals surface area (Å²) in [6.07, 6.45) is 9.58. The van der Waals surface area contributed by atoms with E-state index in [2.05, 4.69) is 257 Å². The van der Waals surface area contributed by atoms with Gasteiger partial charge in [-0.25, -0.2) is 0 Å². The fourth-order valence-corrected chi connectivity index (χ4v) is 18.4. The Hall–Kier alpha value is -6.56. The van der Waals surface area contributed by atoms with Crippen molar-refractivity contribution in [1.29, 1.82) is 0 Å². The van der Waals surface area contributed by atoms with Crippen molar-refractivity contribution in [3.63, 3.8) is 0 Å². The number of thiophene rings is 1.